The molecule has 4 unspecified atom stereocenters. The molecule has 1 saturated heterocycles. The Morgan fingerprint density at radius 1 is 1.00 bits per heavy atom. The largest absolute Gasteiger partial charge is 0.357 e. The fourth-order valence-electron chi connectivity index (χ4n) is 7.68. The van der Waals surface area contributed by atoms with Crippen LogP contribution in [0.1, 0.15) is 60.7 Å². The summed E-state index contributed by atoms with van der Waals surface area (Å²) >= 11 is 0. The summed E-state index contributed by atoms with van der Waals surface area (Å²) in [4.78, 5) is 38.4. The number of benzene rings is 1. The minimum absolute atomic E-state index is 0.0132. The molecule has 7 nitrogen and oxygen atoms in total. The van der Waals surface area contributed by atoms with Gasteiger partial charge >= 0.3 is 0 Å². The fraction of sp³-hybridized carbons (Fsp3) is 0.400. The van der Waals surface area contributed by atoms with Crippen LogP contribution >= 0.6 is 0 Å². The first-order valence-corrected chi connectivity index (χ1v) is 14.8. The van der Waals surface area contributed by atoms with Crippen molar-refractivity contribution in [1.82, 2.24) is 20.2 Å². The topological polar surface area (TPSA) is 99.0 Å². The van der Waals surface area contributed by atoms with Gasteiger partial charge in [-0.2, -0.15) is 5.26 Å². The number of nitrogens with zero attached hydrogens (tertiary/aromatic N) is 4. The zero-order valence-electron chi connectivity index (χ0n) is 24.5. The van der Waals surface area contributed by atoms with Gasteiger partial charge in [0.05, 0.1) is 11.6 Å². The van der Waals surface area contributed by atoms with E-state index in [-0.39, 0.29) is 11.7 Å². The molecular formula is C35H37N5O2. The van der Waals surface area contributed by atoms with E-state index in [1.54, 1.807) is 55.1 Å². The molecule has 4 fully saturated rings. The summed E-state index contributed by atoms with van der Waals surface area (Å²) in [5.41, 5.74) is 2.34. The predicted octanol–water partition coefficient (Wildman–Crippen LogP) is 5.35. The number of nitrogens with one attached hydrogen (secondary N) is 1. The number of amides is 1. The Balaban J connectivity index is 1.38. The van der Waals surface area contributed by atoms with Gasteiger partial charge in [0.2, 0.25) is 0 Å². The number of hydrogen-bond acceptors (Lipinski definition) is 6. The summed E-state index contributed by atoms with van der Waals surface area (Å²) in [5.74, 6) is 2.49. The van der Waals surface area contributed by atoms with E-state index in [4.69, 9.17) is 0 Å². The highest BCUT2D eigenvalue weighted by Crippen LogP contribution is 2.63. The Bertz CT molecular complexity index is 1500. The summed E-state index contributed by atoms with van der Waals surface area (Å²) in [5, 5.41) is 12.8. The average Bonchev–Trinajstić information content (AvgIpc) is 3.23. The van der Waals surface area contributed by atoms with Crippen LogP contribution in [0.4, 0.5) is 0 Å². The molecule has 3 aromatic rings. The Morgan fingerprint density at radius 3 is 2.12 bits per heavy atom. The van der Waals surface area contributed by atoms with Crippen molar-refractivity contribution in [3.8, 4) is 6.07 Å². The van der Waals surface area contributed by atoms with E-state index in [2.05, 4.69) is 42.1 Å². The minimum Gasteiger partial charge on any atom is -0.357 e. The third-order valence-electron chi connectivity index (χ3n) is 10.3. The minimum atomic E-state index is -0.973. The Labute approximate surface area is 247 Å². The Kier molecular flexibility index (Phi) is 7.18. The summed E-state index contributed by atoms with van der Waals surface area (Å²) in [6, 6.07) is 16.5. The summed E-state index contributed by atoms with van der Waals surface area (Å²) in [6.07, 6.45) is 11.8. The molecule has 2 bridgehead atoms. The molecule has 1 N–H and O–H groups in total. The number of nitriles is 1. The fourth-order valence-corrected chi connectivity index (χ4v) is 7.68. The third kappa shape index (κ3) is 5.00. The molecule has 7 rings (SSSR count). The molecule has 1 aromatic carbocycles. The van der Waals surface area contributed by atoms with Crippen molar-refractivity contribution in [1.29, 1.82) is 5.26 Å². The van der Waals surface area contributed by atoms with Gasteiger partial charge in [0.25, 0.3) is 5.91 Å². The molecule has 1 amide bonds. The van der Waals surface area contributed by atoms with Crippen molar-refractivity contribution in [3.05, 3.63) is 107 Å². The van der Waals surface area contributed by atoms with Crippen LogP contribution in [0.2, 0.25) is 0 Å². The van der Waals surface area contributed by atoms with Gasteiger partial charge in [-0.1, -0.05) is 20.8 Å². The molecule has 214 valence electrons. The van der Waals surface area contributed by atoms with Crippen LogP contribution in [-0.2, 0) is 17.6 Å². The lowest BCUT2D eigenvalue weighted by molar-refractivity contribution is -0.142. The maximum absolute atomic E-state index is 14.7. The lowest BCUT2D eigenvalue weighted by atomic mass is 9.43. The number of hydrogen-bond donors (Lipinski definition) is 1. The van der Waals surface area contributed by atoms with Crippen LogP contribution in [-0.4, -0.2) is 38.6 Å². The SMILES string of the molecule is CC1C(CN2C(=O)C(Cc3ccncc3)(Cc3ccncc3)N/C2=C\C(=O)c2ccc(C#N)cc2)CC2CC1C2(C)C. The lowest BCUT2D eigenvalue weighted by Gasteiger charge is -2.62. The van der Waals surface area contributed by atoms with Crippen LogP contribution in [0.15, 0.2) is 85.2 Å². The highest BCUT2D eigenvalue weighted by Gasteiger charge is 2.57. The second-order valence-electron chi connectivity index (χ2n) is 13.0. The second-order valence-corrected chi connectivity index (χ2v) is 13.0. The number of carbonyl (C=O) groups is 2. The number of ketones is 1. The van der Waals surface area contributed by atoms with Gasteiger partial charge in [-0.05, 0) is 102 Å². The average molecular weight is 560 g/mol. The zero-order valence-corrected chi connectivity index (χ0v) is 24.5. The van der Waals surface area contributed by atoms with E-state index >= 15 is 0 Å². The number of rotatable bonds is 8. The maximum Gasteiger partial charge on any atom is 0.254 e. The molecule has 3 heterocycles. The molecule has 0 spiro atoms. The molecule has 7 heteroatoms. The highest BCUT2D eigenvalue weighted by molar-refractivity contribution is 6.06. The Hall–Kier alpha value is -4.31. The van der Waals surface area contributed by atoms with E-state index in [9.17, 15) is 14.9 Å². The van der Waals surface area contributed by atoms with Crippen LogP contribution < -0.4 is 5.32 Å². The van der Waals surface area contributed by atoms with Gasteiger partial charge in [0.1, 0.15) is 11.4 Å². The van der Waals surface area contributed by atoms with Gasteiger partial charge < -0.3 is 5.32 Å². The van der Waals surface area contributed by atoms with Gasteiger partial charge in [-0.15, -0.1) is 0 Å². The predicted molar refractivity (Wildman–Crippen MR) is 160 cm³/mol. The quantitative estimate of drug-likeness (QED) is 0.295. The van der Waals surface area contributed by atoms with Crippen molar-refractivity contribution in [3.63, 3.8) is 0 Å². The number of allylic oxidation sites excluding steroid dienone is 1. The van der Waals surface area contributed by atoms with Gasteiger partial charge in [0.15, 0.2) is 5.78 Å². The standard InChI is InChI=1S/C35H37N5O2/c1-23-28(16-29-17-30(23)34(29,2)3)22-40-32(18-31(41)27-6-4-26(21-36)5-7-27)39-35(33(40)42,19-24-8-12-37-13-9-24)20-25-10-14-38-15-11-25/h4-15,18,23,28-30,39H,16-17,19-20,22H2,1-3H3/b32-18+. The molecule has 4 atom stereocenters. The first-order valence-electron chi connectivity index (χ1n) is 14.8. The second kappa shape index (κ2) is 10.8. The van der Waals surface area contributed by atoms with Crippen LogP contribution in [0.25, 0.3) is 0 Å². The van der Waals surface area contributed by atoms with Crippen molar-refractivity contribution in [2.24, 2.45) is 29.1 Å². The molecule has 3 saturated carbocycles. The molecule has 3 aliphatic carbocycles. The normalized spacial score (nSPS) is 26.3. The van der Waals surface area contributed by atoms with Crippen molar-refractivity contribution >= 4 is 11.7 Å². The van der Waals surface area contributed by atoms with E-state index in [1.807, 2.05) is 29.2 Å². The molecule has 0 radical (unpaired) electrons. The lowest BCUT2D eigenvalue weighted by Crippen LogP contribution is -2.57. The first kappa shape index (κ1) is 27.8. The highest BCUT2D eigenvalue weighted by atomic mass is 16.2. The number of pyridine rings is 2. The van der Waals surface area contributed by atoms with Crippen molar-refractivity contribution in [2.45, 2.75) is 52.0 Å². The van der Waals surface area contributed by atoms with E-state index in [0.29, 0.717) is 65.4 Å². The first-order chi connectivity index (χ1) is 20.2. The van der Waals surface area contributed by atoms with E-state index < -0.39 is 5.54 Å². The maximum atomic E-state index is 14.7. The third-order valence-corrected chi connectivity index (χ3v) is 10.3. The van der Waals surface area contributed by atoms with Crippen molar-refractivity contribution < 1.29 is 9.59 Å². The van der Waals surface area contributed by atoms with Gasteiger partial charge in [0, 0.05) is 55.8 Å². The molecule has 42 heavy (non-hydrogen) atoms. The molecule has 2 aromatic heterocycles. The smallest absolute Gasteiger partial charge is 0.254 e. The number of fused-ring (bicyclic) bond motifs is 2. The summed E-state index contributed by atoms with van der Waals surface area (Å²) < 4.78 is 0. The zero-order chi connectivity index (χ0) is 29.5. The van der Waals surface area contributed by atoms with Crippen molar-refractivity contribution in [2.75, 3.05) is 6.54 Å². The van der Waals surface area contributed by atoms with Crippen LogP contribution in [0.5, 0.6) is 0 Å². The number of carbonyl (C=O) groups excluding carboxylic acids is 2. The summed E-state index contributed by atoms with van der Waals surface area (Å²) in [6.45, 7) is 7.69. The van der Waals surface area contributed by atoms with Gasteiger partial charge in [-0.3, -0.25) is 24.5 Å². The van der Waals surface area contributed by atoms with E-state index in [0.717, 1.165) is 17.5 Å². The van der Waals surface area contributed by atoms with E-state index in [1.165, 1.54) is 6.42 Å². The molecule has 4 aliphatic rings. The monoisotopic (exact) mass is 559 g/mol. The number of aromatic nitrogens is 2. The van der Waals surface area contributed by atoms with Gasteiger partial charge in [-0.25, -0.2) is 0 Å². The molecular weight excluding hydrogens is 522 g/mol. The summed E-state index contributed by atoms with van der Waals surface area (Å²) in [7, 11) is 0. The molecule has 1 aliphatic heterocycles. The Morgan fingerprint density at radius 2 is 1.60 bits per heavy atom. The van der Waals surface area contributed by atoms with Crippen LogP contribution in [0.3, 0.4) is 0 Å². The van der Waals surface area contributed by atoms with Crippen LogP contribution in [0, 0.1) is 40.4 Å².